The fourth-order valence-electron chi connectivity index (χ4n) is 1.61. The predicted molar refractivity (Wildman–Crippen MR) is 77.4 cm³/mol. The van der Waals surface area contributed by atoms with Crippen molar-refractivity contribution < 1.29 is 8.42 Å². The Kier molecular flexibility index (Phi) is 6.81. The third-order valence-electron chi connectivity index (χ3n) is 2.56. The maximum Gasteiger partial charge on any atom is 0.212 e. The molecule has 0 aromatic carbocycles. The van der Waals surface area contributed by atoms with Crippen LogP contribution in [0.15, 0.2) is 24.5 Å². The molecule has 0 aliphatic heterocycles. The van der Waals surface area contributed by atoms with Crippen LogP contribution in [0.5, 0.6) is 0 Å². The van der Waals surface area contributed by atoms with Gasteiger partial charge in [0.15, 0.2) is 0 Å². The van der Waals surface area contributed by atoms with Crippen LogP contribution in [0.2, 0.25) is 0 Å². The number of hydrogen-bond donors (Lipinski definition) is 1. The molecule has 6 heteroatoms. The van der Waals surface area contributed by atoms with E-state index in [0.717, 1.165) is 23.7 Å². The fraction of sp³-hybridized carbons (Fsp3) is 0.583. The zero-order valence-corrected chi connectivity index (χ0v) is 12.9. The molecule has 0 fully saturated rings. The normalized spacial score (nSPS) is 13.4. The number of nitrogens with zero attached hydrogens (tertiary/aromatic N) is 1. The van der Waals surface area contributed by atoms with Crippen molar-refractivity contribution >= 4 is 26.0 Å². The Morgan fingerprint density at radius 2 is 2.06 bits per heavy atom. The zero-order valence-electron chi connectivity index (χ0n) is 10.5. The molecule has 0 saturated carbocycles. The fourth-order valence-corrected chi connectivity index (χ4v) is 3.29. The van der Waals surface area contributed by atoms with E-state index in [2.05, 4.69) is 25.6 Å². The van der Waals surface area contributed by atoms with Crippen molar-refractivity contribution in [3.05, 3.63) is 30.1 Å². The third kappa shape index (κ3) is 6.47. The van der Waals surface area contributed by atoms with E-state index < -0.39 is 10.0 Å². The van der Waals surface area contributed by atoms with E-state index in [1.165, 1.54) is 0 Å². The molecule has 1 aromatic rings. The van der Waals surface area contributed by atoms with Crippen molar-refractivity contribution in [3.8, 4) is 0 Å². The maximum absolute atomic E-state index is 11.8. The van der Waals surface area contributed by atoms with Gasteiger partial charge in [-0.2, -0.15) is 0 Å². The number of halogens is 1. The van der Waals surface area contributed by atoms with Gasteiger partial charge in [0.1, 0.15) is 0 Å². The minimum atomic E-state index is -3.20. The summed E-state index contributed by atoms with van der Waals surface area (Å²) in [6.07, 6.45) is 5.68. The lowest BCUT2D eigenvalue weighted by atomic mass is 10.2. The molecule has 1 aromatic heterocycles. The Labute approximate surface area is 117 Å². The molecule has 102 valence electrons. The first-order chi connectivity index (χ1) is 8.53. The van der Waals surface area contributed by atoms with E-state index in [9.17, 15) is 8.42 Å². The molecule has 0 spiro atoms. The van der Waals surface area contributed by atoms with Crippen molar-refractivity contribution in [2.75, 3.05) is 11.1 Å². The molecule has 18 heavy (non-hydrogen) atoms. The molecule has 1 heterocycles. The summed E-state index contributed by atoms with van der Waals surface area (Å²) >= 11 is 3.34. The van der Waals surface area contributed by atoms with Gasteiger partial charge in [0, 0.05) is 23.8 Å². The summed E-state index contributed by atoms with van der Waals surface area (Å²) in [5, 5.41) is 0.899. The number of alkyl halides is 1. The zero-order chi connectivity index (χ0) is 13.4. The second-order valence-corrected chi connectivity index (χ2v) is 6.94. The van der Waals surface area contributed by atoms with Crippen LogP contribution in [0.3, 0.4) is 0 Å². The number of aryl methyl sites for hydroxylation is 1. The molecule has 0 radical (unpaired) electrons. The van der Waals surface area contributed by atoms with Crippen molar-refractivity contribution in [3.63, 3.8) is 0 Å². The van der Waals surface area contributed by atoms with Gasteiger partial charge in [-0.3, -0.25) is 4.98 Å². The summed E-state index contributed by atoms with van der Waals surface area (Å²) in [5.74, 6) is 0.121. The second-order valence-electron chi connectivity index (χ2n) is 4.27. The SMILES string of the molecule is CC(CCCBr)NS(=O)(=O)CCc1ccncc1. The molecule has 1 rings (SSSR count). The molecular formula is C12H19BrN2O2S. The lowest BCUT2D eigenvalue weighted by molar-refractivity contribution is 0.544. The topological polar surface area (TPSA) is 59.1 Å². The highest BCUT2D eigenvalue weighted by Crippen LogP contribution is 2.04. The van der Waals surface area contributed by atoms with Crippen molar-refractivity contribution in [2.24, 2.45) is 0 Å². The van der Waals surface area contributed by atoms with Gasteiger partial charge in [-0.15, -0.1) is 0 Å². The number of rotatable bonds is 8. The van der Waals surface area contributed by atoms with Gasteiger partial charge in [-0.05, 0) is 43.9 Å². The number of sulfonamides is 1. The number of pyridine rings is 1. The summed E-state index contributed by atoms with van der Waals surface area (Å²) in [6, 6.07) is 3.66. The first kappa shape index (κ1) is 15.6. The molecule has 0 aliphatic carbocycles. The maximum atomic E-state index is 11.8. The van der Waals surface area contributed by atoms with E-state index in [-0.39, 0.29) is 11.8 Å². The molecule has 0 aliphatic rings. The summed E-state index contributed by atoms with van der Waals surface area (Å²) in [4.78, 5) is 3.90. The standard InChI is InChI=1S/C12H19BrN2O2S/c1-11(3-2-7-13)15-18(16,17)10-6-12-4-8-14-9-5-12/h4-5,8-9,11,15H,2-3,6-7,10H2,1H3. The third-order valence-corrected chi connectivity index (χ3v) is 4.62. The minimum Gasteiger partial charge on any atom is -0.265 e. The largest absolute Gasteiger partial charge is 0.265 e. The Morgan fingerprint density at radius 3 is 2.67 bits per heavy atom. The molecule has 0 saturated heterocycles. The lowest BCUT2D eigenvalue weighted by Crippen LogP contribution is -2.34. The Balaban J connectivity index is 2.40. The number of nitrogens with one attached hydrogen (secondary N) is 1. The van der Waals surface area contributed by atoms with Crippen molar-refractivity contribution in [2.45, 2.75) is 32.2 Å². The summed E-state index contributed by atoms with van der Waals surface area (Å²) in [5.41, 5.74) is 0.989. The number of hydrogen-bond acceptors (Lipinski definition) is 3. The first-order valence-corrected chi connectivity index (χ1v) is 8.76. The lowest BCUT2D eigenvalue weighted by Gasteiger charge is -2.13. The molecule has 0 amide bonds. The van der Waals surface area contributed by atoms with Crippen LogP contribution >= 0.6 is 15.9 Å². The van der Waals surface area contributed by atoms with E-state index in [0.29, 0.717) is 6.42 Å². The monoisotopic (exact) mass is 334 g/mol. The van der Waals surface area contributed by atoms with Crippen molar-refractivity contribution in [1.29, 1.82) is 0 Å². The van der Waals surface area contributed by atoms with Gasteiger partial charge >= 0.3 is 0 Å². The molecule has 1 unspecified atom stereocenters. The first-order valence-electron chi connectivity index (χ1n) is 5.98. The Morgan fingerprint density at radius 1 is 1.39 bits per heavy atom. The van der Waals surface area contributed by atoms with Gasteiger partial charge in [-0.25, -0.2) is 13.1 Å². The quantitative estimate of drug-likeness (QED) is 0.740. The van der Waals surface area contributed by atoms with E-state index in [4.69, 9.17) is 0 Å². The van der Waals surface area contributed by atoms with Gasteiger partial charge in [0.2, 0.25) is 10.0 Å². The summed E-state index contributed by atoms with van der Waals surface area (Å²) in [7, 11) is -3.20. The van der Waals surface area contributed by atoms with Crippen LogP contribution in [-0.4, -0.2) is 30.5 Å². The van der Waals surface area contributed by atoms with Gasteiger partial charge in [0.25, 0.3) is 0 Å². The molecule has 1 N–H and O–H groups in total. The van der Waals surface area contributed by atoms with Crippen LogP contribution in [0.1, 0.15) is 25.3 Å². The summed E-state index contributed by atoms with van der Waals surface area (Å²) in [6.45, 7) is 1.90. The predicted octanol–water partition coefficient (Wildman–Crippen LogP) is 2.11. The molecule has 0 bridgehead atoms. The van der Waals surface area contributed by atoms with E-state index >= 15 is 0 Å². The minimum absolute atomic E-state index is 0.00927. The molecule has 1 atom stereocenters. The van der Waals surface area contributed by atoms with Gasteiger partial charge in [0.05, 0.1) is 5.75 Å². The summed E-state index contributed by atoms with van der Waals surface area (Å²) < 4.78 is 26.4. The molecule has 4 nitrogen and oxygen atoms in total. The number of aromatic nitrogens is 1. The van der Waals surface area contributed by atoms with Gasteiger partial charge < -0.3 is 0 Å². The average Bonchev–Trinajstić information content (AvgIpc) is 2.35. The Bertz CT molecular complexity index is 437. The Hall–Kier alpha value is -0.460. The highest BCUT2D eigenvalue weighted by Gasteiger charge is 2.14. The highest BCUT2D eigenvalue weighted by molar-refractivity contribution is 9.09. The van der Waals surface area contributed by atoms with E-state index in [1.807, 2.05) is 19.1 Å². The van der Waals surface area contributed by atoms with Gasteiger partial charge in [-0.1, -0.05) is 15.9 Å². The van der Waals surface area contributed by atoms with Crippen LogP contribution in [0, 0.1) is 0 Å². The second kappa shape index (κ2) is 7.86. The molecular weight excluding hydrogens is 316 g/mol. The average molecular weight is 335 g/mol. The van der Waals surface area contributed by atoms with Crippen LogP contribution in [-0.2, 0) is 16.4 Å². The van der Waals surface area contributed by atoms with E-state index in [1.54, 1.807) is 12.4 Å². The van der Waals surface area contributed by atoms with Crippen LogP contribution in [0.4, 0.5) is 0 Å². The van der Waals surface area contributed by atoms with Crippen molar-refractivity contribution in [1.82, 2.24) is 9.71 Å². The van der Waals surface area contributed by atoms with Crippen LogP contribution < -0.4 is 4.72 Å². The highest BCUT2D eigenvalue weighted by atomic mass is 79.9. The smallest absolute Gasteiger partial charge is 0.212 e. The van der Waals surface area contributed by atoms with Crippen LogP contribution in [0.25, 0.3) is 0 Å².